The zero-order valence-electron chi connectivity index (χ0n) is 10.9. The highest BCUT2D eigenvalue weighted by Gasteiger charge is 2.39. The van der Waals surface area contributed by atoms with Gasteiger partial charge in [-0.1, -0.05) is 0 Å². The normalized spacial score (nSPS) is 23.8. The predicted molar refractivity (Wildman–Crippen MR) is 65.4 cm³/mol. The molecule has 3 atom stereocenters. The number of hydrogen-bond donors (Lipinski definition) is 4. The largest absolute Gasteiger partial charge is 0.480 e. The average Bonchev–Trinajstić information content (AvgIpc) is 2.71. The van der Waals surface area contributed by atoms with E-state index in [0.717, 1.165) is 4.90 Å². The summed E-state index contributed by atoms with van der Waals surface area (Å²) in [7, 11) is 0. The van der Waals surface area contributed by atoms with Crippen LogP contribution in [0.1, 0.15) is 20.3 Å². The van der Waals surface area contributed by atoms with Gasteiger partial charge >= 0.3 is 12.0 Å². The van der Waals surface area contributed by atoms with E-state index in [1.54, 1.807) is 6.92 Å². The molecule has 0 bridgehead atoms. The van der Waals surface area contributed by atoms with Crippen LogP contribution in [0.4, 0.5) is 4.79 Å². The molecule has 0 aromatic carbocycles. The molecule has 0 radical (unpaired) electrons. The van der Waals surface area contributed by atoms with Crippen molar-refractivity contribution in [3.05, 3.63) is 0 Å². The number of likely N-dealkylation sites (tertiary alicyclic amines) is 1. The molecule has 2 unspecified atom stereocenters. The monoisotopic (exact) mass is 273 g/mol. The van der Waals surface area contributed by atoms with Crippen molar-refractivity contribution in [3.63, 3.8) is 0 Å². The zero-order valence-corrected chi connectivity index (χ0v) is 10.9. The molecule has 0 spiro atoms. The number of rotatable bonds is 4. The van der Waals surface area contributed by atoms with E-state index in [0.29, 0.717) is 6.54 Å². The van der Waals surface area contributed by atoms with Crippen molar-refractivity contribution < 1.29 is 24.6 Å². The first-order valence-corrected chi connectivity index (χ1v) is 6.12. The number of carboxylic acids is 1. The molecule has 0 aromatic rings. The van der Waals surface area contributed by atoms with Crippen molar-refractivity contribution in [1.82, 2.24) is 15.5 Å². The Hall–Kier alpha value is -1.83. The first kappa shape index (κ1) is 15.2. The van der Waals surface area contributed by atoms with E-state index < -0.39 is 30.2 Å². The lowest BCUT2D eigenvalue weighted by atomic mass is 10.2. The summed E-state index contributed by atoms with van der Waals surface area (Å²) in [6, 6.07) is -2.49. The maximum atomic E-state index is 11.9. The molecule has 1 aliphatic rings. The highest BCUT2D eigenvalue weighted by Crippen LogP contribution is 2.18. The lowest BCUT2D eigenvalue weighted by Gasteiger charge is -2.23. The van der Waals surface area contributed by atoms with E-state index in [9.17, 15) is 19.5 Å². The number of amides is 3. The Kier molecular flexibility index (Phi) is 5.11. The molecule has 19 heavy (non-hydrogen) atoms. The Morgan fingerprint density at radius 3 is 2.58 bits per heavy atom. The molecular formula is C11H19N3O5. The Morgan fingerprint density at radius 1 is 1.42 bits per heavy atom. The van der Waals surface area contributed by atoms with Crippen LogP contribution in [0.3, 0.4) is 0 Å². The van der Waals surface area contributed by atoms with Crippen LogP contribution in [0.2, 0.25) is 0 Å². The number of urea groups is 1. The topological polar surface area (TPSA) is 119 Å². The molecule has 8 heteroatoms. The second kappa shape index (κ2) is 6.37. The predicted octanol–water partition coefficient (Wildman–Crippen LogP) is -1.26. The number of nitrogens with one attached hydrogen (secondary N) is 2. The quantitative estimate of drug-likeness (QED) is 0.510. The number of aliphatic hydroxyl groups is 1. The molecule has 1 saturated heterocycles. The minimum absolute atomic E-state index is 0.00170. The van der Waals surface area contributed by atoms with E-state index >= 15 is 0 Å². The molecule has 4 N–H and O–H groups in total. The number of nitrogens with zero attached hydrogens (tertiary/aromatic N) is 1. The molecule has 108 valence electrons. The summed E-state index contributed by atoms with van der Waals surface area (Å²) in [5.74, 6) is -1.51. The highest BCUT2D eigenvalue weighted by atomic mass is 16.4. The van der Waals surface area contributed by atoms with Gasteiger partial charge in [-0.15, -0.1) is 0 Å². The van der Waals surface area contributed by atoms with Crippen LogP contribution in [-0.2, 0) is 9.59 Å². The number of carboxylic acid groups (broad SMARTS) is 1. The molecular weight excluding hydrogens is 254 g/mol. The molecule has 1 rings (SSSR count). The van der Waals surface area contributed by atoms with E-state index in [1.807, 2.05) is 0 Å². The molecule has 0 aliphatic carbocycles. The fraction of sp³-hybridized carbons (Fsp3) is 0.727. The molecule has 8 nitrogen and oxygen atoms in total. The second-order valence-electron chi connectivity index (χ2n) is 4.46. The van der Waals surface area contributed by atoms with Crippen LogP contribution in [-0.4, -0.2) is 64.3 Å². The fourth-order valence-electron chi connectivity index (χ4n) is 1.93. The van der Waals surface area contributed by atoms with Crippen LogP contribution in [0.15, 0.2) is 0 Å². The maximum Gasteiger partial charge on any atom is 0.326 e. The van der Waals surface area contributed by atoms with Gasteiger partial charge in [-0.2, -0.15) is 0 Å². The number of likely N-dealkylation sites (N-methyl/N-ethyl adjacent to an activating group) is 1. The van der Waals surface area contributed by atoms with Gasteiger partial charge in [0.15, 0.2) is 0 Å². The molecule has 1 heterocycles. The average molecular weight is 273 g/mol. The van der Waals surface area contributed by atoms with Crippen LogP contribution in [0.25, 0.3) is 0 Å². The number of hydrogen-bond acceptors (Lipinski definition) is 4. The number of aliphatic carboxylic acids is 1. The van der Waals surface area contributed by atoms with Crippen molar-refractivity contribution >= 4 is 17.9 Å². The van der Waals surface area contributed by atoms with Crippen molar-refractivity contribution in [2.75, 3.05) is 13.1 Å². The third-order valence-corrected chi connectivity index (χ3v) is 2.91. The Balaban J connectivity index is 2.62. The van der Waals surface area contributed by atoms with Crippen LogP contribution in [0, 0.1) is 0 Å². The van der Waals surface area contributed by atoms with Crippen LogP contribution < -0.4 is 10.6 Å². The minimum Gasteiger partial charge on any atom is -0.480 e. The lowest BCUT2D eigenvalue weighted by molar-refractivity contribution is -0.141. The molecule has 1 fully saturated rings. The Bertz CT molecular complexity index is 373. The lowest BCUT2D eigenvalue weighted by Crippen LogP contribution is -2.52. The van der Waals surface area contributed by atoms with Crippen molar-refractivity contribution in [2.45, 2.75) is 38.5 Å². The number of carbonyl (C=O) groups excluding carboxylic acids is 2. The van der Waals surface area contributed by atoms with Gasteiger partial charge in [0.1, 0.15) is 12.1 Å². The van der Waals surface area contributed by atoms with E-state index in [4.69, 9.17) is 5.11 Å². The summed E-state index contributed by atoms with van der Waals surface area (Å²) in [6.45, 7) is 3.65. The highest BCUT2D eigenvalue weighted by molar-refractivity contribution is 5.88. The summed E-state index contributed by atoms with van der Waals surface area (Å²) in [5.41, 5.74) is 0. The van der Waals surface area contributed by atoms with Crippen molar-refractivity contribution in [3.8, 4) is 0 Å². The van der Waals surface area contributed by atoms with E-state index in [2.05, 4.69) is 10.6 Å². The van der Waals surface area contributed by atoms with Crippen LogP contribution in [0.5, 0.6) is 0 Å². The third-order valence-electron chi connectivity index (χ3n) is 2.91. The van der Waals surface area contributed by atoms with Crippen molar-refractivity contribution in [2.24, 2.45) is 0 Å². The van der Waals surface area contributed by atoms with Crippen LogP contribution >= 0.6 is 0 Å². The molecule has 1 aliphatic heterocycles. The Morgan fingerprint density at radius 2 is 2.05 bits per heavy atom. The van der Waals surface area contributed by atoms with E-state index in [1.165, 1.54) is 6.92 Å². The maximum absolute atomic E-state index is 11.9. The summed E-state index contributed by atoms with van der Waals surface area (Å²) < 4.78 is 0. The smallest absolute Gasteiger partial charge is 0.326 e. The number of aliphatic hydroxyl groups excluding tert-OH is 1. The van der Waals surface area contributed by atoms with Crippen molar-refractivity contribution in [1.29, 1.82) is 0 Å². The van der Waals surface area contributed by atoms with Gasteiger partial charge in [0, 0.05) is 19.5 Å². The minimum atomic E-state index is -1.17. The standard InChI is InChI=1S/C11H19N3O5/c1-3-12-9(16)6(2)13-11(19)14-5-7(15)4-8(14)10(17)18/h6-8,15H,3-5H2,1-2H3,(H,12,16)(H,13,19)(H,17,18)/t6?,7?,8-/m0/s1. The van der Waals surface area contributed by atoms with Gasteiger partial charge < -0.3 is 25.7 Å². The van der Waals surface area contributed by atoms with Gasteiger partial charge in [-0.05, 0) is 13.8 Å². The van der Waals surface area contributed by atoms with Gasteiger partial charge in [0.05, 0.1) is 6.10 Å². The first-order chi connectivity index (χ1) is 8.86. The van der Waals surface area contributed by atoms with Gasteiger partial charge in [0.25, 0.3) is 0 Å². The summed E-state index contributed by atoms with van der Waals surface area (Å²) in [5, 5.41) is 23.4. The van der Waals surface area contributed by atoms with Gasteiger partial charge in [0.2, 0.25) is 5.91 Å². The molecule has 3 amide bonds. The van der Waals surface area contributed by atoms with Gasteiger partial charge in [-0.3, -0.25) is 4.79 Å². The Labute approximate surface area is 110 Å². The zero-order chi connectivity index (χ0) is 14.6. The summed E-state index contributed by atoms with van der Waals surface area (Å²) in [6.07, 6.45) is -0.857. The second-order valence-corrected chi connectivity index (χ2v) is 4.46. The SMILES string of the molecule is CCNC(=O)C(C)NC(=O)N1CC(O)C[C@H]1C(=O)O. The summed E-state index contributed by atoms with van der Waals surface area (Å²) in [4.78, 5) is 35.4. The first-order valence-electron chi connectivity index (χ1n) is 6.12. The van der Waals surface area contributed by atoms with E-state index in [-0.39, 0.29) is 18.9 Å². The molecule has 0 aromatic heterocycles. The van der Waals surface area contributed by atoms with Gasteiger partial charge in [-0.25, -0.2) is 9.59 Å². The number of β-amino-alcohol motifs (C(OH)–C–C–N with tert-alkyl or cyclic N) is 1. The molecule has 0 saturated carbocycles. The fourth-order valence-corrected chi connectivity index (χ4v) is 1.93. The summed E-state index contributed by atoms with van der Waals surface area (Å²) >= 11 is 0. The number of carbonyl (C=O) groups is 3. The third kappa shape index (κ3) is 3.82.